The largest absolute Gasteiger partial charge is 0.497 e. The Kier molecular flexibility index (Phi) is 5.82. The van der Waals surface area contributed by atoms with Crippen molar-refractivity contribution >= 4 is 29.0 Å². The summed E-state index contributed by atoms with van der Waals surface area (Å²) in [6.07, 6.45) is 0. The first kappa shape index (κ1) is 17.8. The van der Waals surface area contributed by atoms with Crippen LogP contribution in [0.1, 0.15) is 22.8 Å². The molecule has 0 fully saturated rings. The van der Waals surface area contributed by atoms with Gasteiger partial charge in [-0.15, -0.1) is 0 Å². The SMILES string of the molecule is COc1ccc(C(C)=O)c(OCC(=O)Nc2ccc(C)c(Cl)c2)c1. The fourth-order valence-corrected chi connectivity index (χ4v) is 2.23. The Morgan fingerprint density at radius 2 is 1.92 bits per heavy atom. The van der Waals surface area contributed by atoms with E-state index in [0.29, 0.717) is 27.8 Å². The van der Waals surface area contributed by atoms with Gasteiger partial charge in [0.05, 0.1) is 12.7 Å². The Labute approximate surface area is 145 Å². The zero-order chi connectivity index (χ0) is 17.7. The smallest absolute Gasteiger partial charge is 0.262 e. The summed E-state index contributed by atoms with van der Waals surface area (Å²) in [7, 11) is 1.51. The number of anilines is 1. The number of Topliss-reactive ketones (excluding diaryl/α,β-unsaturated/α-hetero) is 1. The second kappa shape index (κ2) is 7.84. The van der Waals surface area contributed by atoms with Crippen molar-refractivity contribution in [3.8, 4) is 11.5 Å². The molecule has 0 saturated heterocycles. The van der Waals surface area contributed by atoms with Gasteiger partial charge in [0.15, 0.2) is 12.4 Å². The molecule has 0 bridgehead atoms. The molecule has 0 aliphatic carbocycles. The molecule has 0 atom stereocenters. The van der Waals surface area contributed by atoms with E-state index in [0.717, 1.165) is 5.56 Å². The summed E-state index contributed by atoms with van der Waals surface area (Å²) in [5.74, 6) is 0.338. The van der Waals surface area contributed by atoms with Crippen LogP contribution in [0.25, 0.3) is 0 Å². The Hall–Kier alpha value is -2.53. The lowest BCUT2D eigenvalue weighted by atomic mass is 10.1. The maximum atomic E-state index is 12.0. The minimum Gasteiger partial charge on any atom is -0.497 e. The van der Waals surface area contributed by atoms with Gasteiger partial charge in [0.2, 0.25) is 0 Å². The quantitative estimate of drug-likeness (QED) is 0.805. The normalized spacial score (nSPS) is 10.2. The van der Waals surface area contributed by atoms with E-state index in [1.54, 1.807) is 30.3 Å². The highest BCUT2D eigenvalue weighted by atomic mass is 35.5. The van der Waals surface area contributed by atoms with Crippen LogP contribution in [0.2, 0.25) is 5.02 Å². The molecule has 0 heterocycles. The molecule has 0 saturated carbocycles. The fraction of sp³-hybridized carbons (Fsp3) is 0.222. The maximum absolute atomic E-state index is 12.0. The van der Waals surface area contributed by atoms with Crippen molar-refractivity contribution in [2.45, 2.75) is 13.8 Å². The minimum atomic E-state index is -0.354. The lowest BCUT2D eigenvalue weighted by molar-refractivity contribution is -0.118. The van der Waals surface area contributed by atoms with E-state index in [2.05, 4.69) is 5.32 Å². The van der Waals surface area contributed by atoms with Gasteiger partial charge in [-0.25, -0.2) is 0 Å². The molecule has 1 amide bonds. The molecule has 0 radical (unpaired) electrons. The maximum Gasteiger partial charge on any atom is 0.262 e. The van der Waals surface area contributed by atoms with Crippen molar-refractivity contribution < 1.29 is 19.1 Å². The van der Waals surface area contributed by atoms with Crippen LogP contribution in [0.4, 0.5) is 5.69 Å². The topological polar surface area (TPSA) is 64.6 Å². The zero-order valence-electron chi connectivity index (χ0n) is 13.7. The molecule has 126 valence electrons. The highest BCUT2D eigenvalue weighted by Gasteiger charge is 2.12. The molecule has 24 heavy (non-hydrogen) atoms. The van der Waals surface area contributed by atoms with Crippen molar-refractivity contribution in [2.75, 3.05) is 19.0 Å². The van der Waals surface area contributed by atoms with Gasteiger partial charge >= 0.3 is 0 Å². The van der Waals surface area contributed by atoms with Crippen molar-refractivity contribution in [3.63, 3.8) is 0 Å². The molecule has 5 nitrogen and oxygen atoms in total. The number of rotatable bonds is 6. The molecule has 0 aliphatic rings. The van der Waals surface area contributed by atoms with E-state index in [1.165, 1.54) is 14.0 Å². The first-order valence-corrected chi connectivity index (χ1v) is 7.66. The molecular weight excluding hydrogens is 330 g/mol. The number of hydrogen-bond donors (Lipinski definition) is 1. The standard InChI is InChI=1S/C18H18ClNO4/c1-11-4-5-13(8-16(11)19)20-18(22)10-24-17-9-14(23-3)6-7-15(17)12(2)21/h4-9H,10H2,1-3H3,(H,20,22). The highest BCUT2D eigenvalue weighted by molar-refractivity contribution is 6.31. The van der Waals surface area contributed by atoms with Gasteiger partial charge in [-0.2, -0.15) is 0 Å². The molecule has 0 spiro atoms. The van der Waals surface area contributed by atoms with Crippen molar-refractivity contribution in [2.24, 2.45) is 0 Å². The molecule has 0 aromatic heterocycles. The lowest BCUT2D eigenvalue weighted by Crippen LogP contribution is -2.20. The van der Waals surface area contributed by atoms with E-state index >= 15 is 0 Å². The number of ether oxygens (including phenoxy) is 2. The second-order valence-electron chi connectivity index (χ2n) is 5.22. The summed E-state index contributed by atoms with van der Waals surface area (Å²) in [6.45, 7) is 3.07. The number of amides is 1. The summed E-state index contributed by atoms with van der Waals surface area (Å²) < 4.78 is 10.6. The fourth-order valence-electron chi connectivity index (χ4n) is 2.05. The summed E-state index contributed by atoms with van der Waals surface area (Å²) in [5, 5.41) is 3.26. The molecule has 0 unspecified atom stereocenters. The number of carbonyl (C=O) groups is 2. The third-order valence-corrected chi connectivity index (χ3v) is 3.79. The first-order chi connectivity index (χ1) is 11.4. The number of halogens is 1. The number of benzene rings is 2. The average Bonchev–Trinajstić information content (AvgIpc) is 2.56. The third-order valence-electron chi connectivity index (χ3n) is 3.38. The monoisotopic (exact) mass is 347 g/mol. The van der Waals surface area contributed by atoms with Gasteiger partial charge in [0, 0.05) is 16.8 Å². The Morgan fingerprint density at radius 3 is 2.54 bits per heavy atom. The number of hydrogen-bond acceptors (Lipinski definition) is 4. The van der Waals surface area contributed by atoms with Gasteiger partial charge in [-0.1, -0.05) is 17.7 Å². The van der Waals surface area contributed by atoms with Crippen molar-refractivity contribution in [3.05, 3.63) is 52.5 Å². The summed E-state index contributed by atoms with van der Waals surface area (Å²) >= 11 is 6.03. The summed E-state index contributed by atoms with van der Waals surface area (Å²) in [4.78, 5) is 23.7. The number of methoxy groups -OCH3 is 1. The lowest BCUT2D eigenvalue weighted by Gasteiger charge is -2.12. The first-order valence-electron chi connectivity index (χ1n) is 7.28. The van der Waals surface area contributed by atoms with E-state index in [9.17, 15) is 9.59 Å². The van der Waals surface area contributed by atoms with E-state index in [-0.39, 0.29) is 18.3 Å². The molecule has 1 N–H and O–H groups in total. The third kappa shape index (κ3) is 4.49. The van der Waals surface area contributed by atoms with Crippen LogP contribution in [-0.4, -0.2) is 25.4 Å². The van der Waals surface area contributed by atoms with Crippen LogP contribution in [0.15, 0.2) is 36.4 Å². The second-order valence-corrected chi connectivity index (χ2v) is 5.63. The minimum absolute atomic E-state index is 0.154. The zero-order valence-corrected chi connectivity index (χ0v) is 14.4. The van der Waals surface area contributed by atoms with Crippen LogP contribution < -0.4 is 14.8 Å². The average molecular weight is 348 g/mol. The van der Waals surface area contributed by atoms with Crippen molar-refractivity contribution in [1.82, 2.24) is 0 Å². The van der Waals surface area contributed by atoms with Crippen LogP contribution in [0, 0.1) is 6.92 Å². The van der Waals surface area contributed by atoms with E-state index in [1.807, 2.05) is 13.0 Å². The Morgan fingerprint density at radius 1 is 1.17 bits per heavy atom. The van der Waals surface area contributed by atoms with E-state index < -0.39 is 0 Å². The molecule has 0 aliphatic heterocycles. The Balaban J connectivity index is 2.05. The predicted molar refractivity (Wildman–Crippen MR) is 93.3 cm³/mol. The van der Waals surface area contributed by atoms with Crippen LogP contribution >= 0.6 is 11.6 Å². The number of nitrogens with one attached hydrogen (secondary N) is 1. The van der Waals surface area contributed by atoms with Gasteiger partial charge in [-0.05, 0) is 43.7 Å². The molecule has 2 rings (SSSR count). The number of carbonyl (C=O) groups excluding carboxylic acids is 2. The number of aryl methyl sites for hydroxylation is 1. The van der Waals surface area contributed by atoms with Crippen LogP contribution in [0.3, 0.4) is 0 Å². The predicted octanol–water partition coefficient (Wildman–Crippen LogP) is 3.88. The summed E-state index contributed by atoms with van der Waals surface area (Å²) in [5.41, 5.74) is 1.90. The number of ketones is 1. The molecule has 2 aromatic rings. The summed E-state index contributed by atoms with van der Waals surface area (Å²) in [6, 6.07) is 10.1. The van der Waals surface area contributed by atoms with Gasteiger partial charge in [-0.3, -0.25) is 9.59 Å². The van der Waals surface area contributed by atoms with Crippen molar-refractivity contribution in [1.29, 1.82) is 0 Å². The van der Waals surface area contributed by atoms with Gasteiger partial charge in [0.1, 0.15) is 11.5 Å². The van der Waals surface area contributed by atoms with Gasteiger partial charge < -0.3 is 14.8 Å². The molecular formula is C18H18ClNO4. The van der Waals surface area contributed by atoms with E-state index in [4.69, 9.17) is 21.1 Å². The highest BCUT2D eigenvalue weighted by Crippen LogP contribution is 2.25. The van der Waals surface area contributed by atoms with Crippen LogP contribution in [-0.2, 0) is 4.79 Å². The molecule has 2 aromatic carbocycles. The molecule has 6 heteroatoms. The van der Waals surface area contributed by atoms with Crippen LogP contribution in [0.5, 0.6) is 11.5 Å². The van der Waals surface area contributed by atoms with Gasteiger partial charge in [0.25, 0.3) is 5.91 Å². The Bertz CT molecular complexity index is 774.